The zero-order chi connectivity index (χ0) is 10.9. The average Bonchev–Trinajstić information content (AvgIpc) is 2.35. The van der Waals surface area contributed by atoms with Crippen molar-refractivity contribution < 1.29 is 9.85 Å². The number of hydrazone groups is 1. The number of amidine groups is 1. The van der Waals surface area contributed by atoms with E-state index in [1.807, 2.05) is 0 Å². The third-order valence-electron chi connectivity index (χ3n) is 1.43. The molecule has 0 unspecified atom stereocenters. The molecular weight excluding hydrogens is 220 g/mol. The van der Waals surface area contributed by atoms with Gasteiger partial charge in [-0.2, -0.15) is 0 Å². The zero-order valence-corrected chi connectivity index (χ0v) is 7.58. The monoisotopic (exact) mass is 224 g/mol. The van der Waals surface area contributed by atoms with Gasteiger partial charge in [0, 0.05) is 12.2 Å². The van der Waals surface area contributed by atoms with E-state index in [1.54, 1.807) is 0 Å². The van der Waals surface area contributed by atoms with Gasteiger partial charge < -0.3 is 0 Å². The molecule has 0 saturated heterocycles. The lowest BCUT2D eigenvalue weighted by molar-refractivity contribution is -0.778. The molecule has 1 N–H and O–H groups in total. The number of nitrogens with one attached hydrogen (secondary N) is 1. The Balaban J connectivity index is 2.83. The van der Waals surface area contributed by atoms with E-state index < -0.39 is 16.1 Å². The summed E-state index contributed by atoms with van der Waals surface area (Å²) >= 11 is 5.44. The molecule has 0 radical (unpaired) electrons. The first-order valence-corrected chi connectivity index (χ1v) is 3.61. The number of nitro groups is 2. The van der Waals surface area contributed by atoms with Crippen LogP contribution < -0.4 is 5.53 Å². The molecule has 0 aromatic heterocycles. The molecule has 0 atom stereocenters. The van der Waals surface area contributed by atoms with E-state index in [2.05, 4.69) is 10.6 Å². The summed E-state index contributed by atoms with van der Waals surface area (Å²) in [6.45, 7) is 0. The van der Waals surface area contributed by atoms with Crippen molar-refractivity contribution in [1.29, 1.82) is 0 Å². The Morgan fingerprint density at radius 1 is 1.50 bits per heavy atom. The molecular formula is C3H5ClN6O4. The second-order valence-corrected chi connectivity index (χ2v) is 2.60. The van der Waals surface area contributed by atoms with E-state index >= 15 is 0 Å². The molecule has 1 heterocycles. The van der Waals surface area contributed by atoms with Crippen LogP contribution in [-0.2, 0) is 0 Å². The molecule has 10 nitrogen and oxygen atoms in total. The van der Waals surface area contributed by atoms with Gasteiger partial charge in [-0.3, -0.25) is 25.2 Å². The molecule has 1 aliphatic rings. The summed E-state index contributed by atoms with van der Waals surface area (Å²) in [4.78, 5) is 18.5. The van der Waals surface area contributed by atoms with E-state index in [9.17, 15) is 20.2 Å². The first-order valence-electron chi connectivity index (χ1n) is 3.24. The minimum absolute atomic E-state index is 0.126. The van der Waals surface area contributed by atoms with Gasteiger partial charge in [-0.05, 0) is 11.6 Å². The van der Waals surface area contributed by atoms with Crippen LogP contribution in [0.1, 0.15) is 0 Å². The number of hydrogen-bond acceptors (Lipinski definition) is 8. The predicted molar refractivity (Wildman–Crippen MR) is 43.8 cm³/mol. The fraction of sp³-hybridized carbons (Fsp3) is 0.667. The molecule has 0 fully saturated rings. The number of halogens is 1. The topological polar surface area (TPSA) is 117 Å². The largest absolute Gasteiger partial charge is 0.549 e. The van der Waals surface area contributed by atoms with Crippen LogP contribution in [0.2, 0.25) is 0 Å². The summed E-state index contributed by atoms with van der Waals surface area (Å²) in [5.41, 5.74) is 2.05. The summed E-state index contributed by atoms with van der Waals surface area (Å²) in [6.07, 6.45) is -2.17. The molecule has 0 aromatic rings. The van der Waals surface area contributed by atoms with Crippen LogP contribution in [0.25, 0.3) is 0 Å². The predicted octanol–water partition coefficient (Wildman–Crippen LogP) is -1.000. The Kier molecular flexibility index (Phi) is 2.67. The maximum absolute atomic E-state index is 10.3. The number of hydrazine groups is 2. The van der Waals surface area contributed by atoms with Crippen LogP contribution in [0.5, 0.6) is 0 Å². The Bertz CT molecular complexity index is 291. The number of rotatable bonds is 3. The van der Waals surface area contributed by atoms with Crippen LogP contribution >= 0.6 is 11.6 Å². The molecule has 1 aliphatic heterocycles. The fourth-order valence-corrected chi connectivity index (χ4v) is 0.902. The fourth-order valence-electron chi connectivity index (χ4n) is 0.783. The second-order valence-electron chi connectivity index (χ2n) is 2.27. The van der Waals surface area contributed by atoms with Crippen LogP contribution in [0.3, 0.4) is 0 Å². The maximum Gasteiger partial charge on any atom is 0.549 e. The Morgan fingerprint density at radius 3 is 2.29 bits per heavy atom. The minimum atomic E-state index is -2.17. The van der Waals surface area contributed by atoms with Crippen molar-refractivity contribution in [3.05, 3.63) is 20.2 Å². The molecule has 0 spiro atoms. The van der Waals surface area contributed by atoms with E-state index in [0.717, 1.165) is 5.01 Å². The van der Waals surface area contributed by atoms with Crippen LogP contribution in [0.4, 0.5) is 0 Å². The van der Waals surface area contributed by atoms with Crippen molar-refractivity contribution in [3.63, 3.8) is 0 Å². The van der Waals surface area contributed by atoms with Crippen LogP contribution in [0.15, 0.2) is 5.10 Å². The highest BCUT2D eigenvalue weighted by molar-refractivity contribution is 6.64. The van der Waals surface area contributed by atoms with Crippen molar-refractivity contribution in [3.8, 4) is 0 Å². The molecule has 0 aromatic carbocycles. The summed E-state index contributed by atoms with van der Waals surface area (Å²) < 4.78 is 0. The van der Waals surface area contributed by atoms with Gasteiger partial charge in [0.1, 0.15) is 9.85 Å². The molecule has 14 heavy (non-hydrogen) atoms. The molecule has 1 rings (SSSR count). The summed E-state index contributed by atoms with van der Waals surface area (Å²) in [6, 6.07) is 0. The summed E-state index contributed by atoms with van der Waals surface area (Å²) in [5.74, 6) is 0. The number of hydrogen-bond donors (Lipinski definition) is 1. The quantitative estimate of drug-likeness (QED) is 0.283. The third kappa shape index (κ3) is 1.65. The highest BCUT2D eigenvalue weighted by atomic mass is 35.5. The van der Waals surface area contributed by atoms with Crippen molar-refractivity contribution in [2.24, 2.45) is 5.10 Å². The van der Waals surface area contributed by atoms with Gasteiger partial charge in [0.05, 0.1) is 0 Å². The molecule has 0 aliphatic carbocycles. The van der Waals surface area contributed by atoms with Crippen molar-refractivity contribution in [1.82, 2.24) is 15.7 Å². The molecule has 78 valence electrons. The SMILES string of the molecule is CN1C(Cl)=NNN1C([N+](=O)[O-])[N+](=O)[O-]. The van der Waals surface area contributed by atoms with Crippen LogP contribution in [-0.4, -0.2) is 38.6 Å². The van der Waals surface area contributed by atoms with Crippen molar-refractivity contribution in [2.45, 2.75) is 6.29 Å². The lowest BCUT2D eigenvalue weighted by atomic mass is 10.8. The summed E-state index contributed by atoms with van der Waals surface area (Å²) in [5, 5.41) is 25.5. The van der Waals surface area contributed by atoms with Gasteiger partial charge in [0.15, 0.2) is 0 Å². The van der Waals surface area contributed by atoms with Gasteiger partial charge in [0.25, 0.3) is 0 Å². The third-order valence-corrected chi connectivity index (χ3v) is 1.76. The van der Waals surface area contributed by atoms with Gasteiger partial charge in [-0.1, -0.05) is 0 Å². The molecule has 0 saturated carbocycles. The van der Waals surface area contributed by atoms with E-state index in [1.165, 1.54) is 7.05 Å². The van der Waals surface area contributed by atoms with Crippen LogP contribution in [0, 0.1) is 20.2 Å². The smallest absolute Gasteiger partial charge is 0.257 e. The lowest BCUT2D eigenvalue weighted by Crippen LogP contribution is -2.55. The van der Waals surface area contributed by atoms with Gasteiger partial charge in [-0.25, -0.2) is 5.53 Å². The highest BCUT2D eigenvalue weighted by Gasteiger charge is 2.46. The van der Waals surface area contributed by atoms with Gasteiger partial charge in [-0.15, -0.1) is 5.10 Å². The first-order chi connectivity index (χ1) is 6.45. The normalized spacial score (nSPS) is 16.8. The Morgan fingerprint density at radius 2 is 2.00 bits per heavy atom. The molecule has 11 heteroatoms. The minimum Gasteiger partial charge on any atom is -0.257 e. The van der Waals surface area contributed by atoms with E-state index in [4.69, 9.17) is 11.6 Å². The zero-order valence-electron chi connectivity index (χ0n) is 6.82. The Labute approximate surface area is 81.9 Å². The van der Waals surface area contributed by atoms with Gasteiger partial charge in [0.2, 0.25) is 5.29 Å². The highest BCUT2D eigenvalue weighted by Crippen LogP contribution is 2.09. The van der Waals surface area contributed by atoms with Crippen molar-refractivity contribution in [2.75, 3.05) is 7.05 Å². The Hall–Kier alpha value is -1.68. The standard InChI is InChI=1S/C3H5ClN6O4/c1-7-2(4)5-6-8(7)3(9(11)12)10(13)14/h3,6H,1H3. The van der Waals surface area contributed by atoms with Crippen molar-refractivity contribution >= 4 is 16.9 Å². The molecule has 0 bridgehead atoms. The average molecular weight is 225 g/mol. The lowest BCUT2D eigenvalue weighted by Gasteiger charge is -2.20. The van der Waals surface area contributed by atoms with E-state index in [-0.39, 0.29) is 5.29 Å². The molecule has 0 amide bonds. The van der Waals surface area contributed by atoms with E-state index in [0.29, 0.717) is 5.12 Å². The number of nitrogens with zero attached hydrogens (tertiary/aromatic N) is 5. The summed E-state index contributed by atoms with van der Waals surface area (Å²) in [7, 11) is 1.30. The first kappa shape index (κ1) is 10.4. The van der Waals surface area contributed by atoms with Gasteiger partial charge >= 0.3 is 6.29 Å². The second kappa shape index (κ2) is 3.59. The maximum atomic E-state index is 10.3.